The van der Waals surface area contributed by atoms with Crippen LogP contribution in [0.25, 0.3) is 0 Å². The second kappa shape index (κ2) is 6.43. The van der Waals surface area contributed by atoms with Crippen molar-refractivity contribution >= 4 is 17.4 Å². The Labute approximate surface area is 130 Å². The van der Waals surface area contributed by atoms with Gasteiger partial charge in [-0.15, -0.1) is 0 Å². The van der Waals surface area contributed by atoms with Crippen LogP contribution in [0.1, 0.15) is 38.8 Å². The molecule has 0 heterocycles. The number of hydrogen-bond acceptors (Lipinski definition) is 3. The Balaban J connectivity index is 2.34. The molecule has 4 heteroatoms. The van der Waals surface area contributed by atoms with Crippen molar-refractivity contribution in [1.29, 1.82) is 0 Å². The number of carbonyl (C=O) groups excluding carboxylic acids is 2. The zero-order chi connectivity index (χ0) is 16.3. The van der Waals surface area contributed by atoms with Gasteiger partial charge in [0.25, 0.3) is 5.91 Å². The summed E-state index contributed by atoms with van der Waals surface area (Å²) >= 11 is 0. The third-order valence-corrected chi connectivity index (χ3v) is 3.39. The van der Waals surface area contributed by atoms with E-state index >= 15 is 0 Å². The molecule has 2 aromatic rings. The molecular weight excluding hydrogens is 278 g/mol. The van der Waals surface area contributed by atoms with Crippen LogP contribution in [-0.2, 0) is 0 Å². The highest BCUT2D eigenvalue weighted by molar-refractivity contribution is 6.07. The van der Waals surface area contributed by atoms with Gasteiger partial charge in [-0.2, -0.15) is 0 Å². The first-order valence-corrected chi connectivity index (χ1v) is 7.00. The zero-order valence-corrected chi connectivity index (χ0v) is 13.2. The Kier molecular flexibility index (Phi) is 4.61. The molecule has 0 saturated heterocycles. The number of ketones is 1. The van der Waals surface area contributed by atoms with Gasteiger partial charge < -0.3 is 10.1 Å². The third-order valence-electron chi connectivity index (χ3n) is 3.39. The lowest BCUT2D eigenvalue weighted by atomic mass is 10.0. The first-order valence-electron chi connectivity index (χ1n) is 7.00. The van der Waals surface area contributed by atoms with Gasteiger partial charge in [0, 0.05) is 11.3 Å². The van der Waals surface area contributed by atoms with Crippen molar-refractivity contribution in [3.63, 3.8) is 0 Å². The van der Waals surface area contributed by atoms with Crippen molar-refractivity contribution < 1.29 is 14.3 Å². The van der Waals surface area contributed by atoms with Crippen LogP contribution in [0.2, 0.25) is 0 Å². The van der Waals surface area contributed by atoms with Crippen LogP contribution in [-0.4, -0.2) is 18.8 Å². The molecule has 0 atom stereocenters. The van der Waals surface area contributed by atoms with Crippen molar-refractivity contribution in [3.05, 3.63) is 58.7 Å². The fraction of sp³-hybridized carbons (Fsp3) is 0.222. The first kappa shape index (κ1) is 15.8. The van der Waals surface area contributed by atoms with Crippen LogP contribution >= 0.6 is 0 Å². The SMILES string of the molecule is COc1c(C)cc(C)cc1C(=O)Nc1cccc(C(C)=O)c1. The summed E-state index contributed by atoms with van der Waals surface area (Å²) in [5.74, 6) is 0.259. The minimum atomic E-state index is -0.260. The van der Waals surface area contributed by atoms with Gasteiger partial charge in [0.1, 0.15) is 5.75 Å². The van der Waals surface area contributed by atoms with Crippen LogP contribution in [0, 0.1) is 13.8 Å². The Bertz CT molecular complexity index is 735. The molecule has 0 aromatic heterocycles. The van der Waals surface area contributed by atoms with E-state index < -0.39 is 0 Å². The number of aryl methyl sites for hydroxylation is 2. The van der Waals surface area contributed by atoms with E-state index in [0.717, 1.165) is 11.1 Å². The molecule has 1 amide bonds. The lowest BCUT2D eigenvalue weighted by Gasteiger charge is -2.13. The maximum Gasteiger partial charge on any atom is 0.259 e. The molecule has 0 aliphatic rings. The van der Waals surface area contributed by atoms with Gasteiger partial charge in [0.15, 0.2) is 5.78 Å². The summed E-state index contributed by atoms with van der Waals surface area (Å²) in [7, 11) is 1.55. The number of methoxy groups -OCH3 is 1. The highest BCUT2D eigenvalue weighted by Gasteiger charge is 2.15. The molecule has 22 heavy (non-hydrogen) atoms. The fourth-order valence-electron chi connectivity index (χ4n) is 2.41. The lowest BCUT2D eigenvalue weighted by Crippen LogP contribution is -2.14. The summed E-state index contributed by atoms with van der Waals surface area (Å²) < 4.78 is 5.34. The van der Waals surface area contributed by atoms with Crippen molar-refractivity contribution in [2.45, 2.75) is 20.8 Å². The summed E-state index contributed by atoms with van der Waals surface area (Å²) in [4.78, 5) is 23.9. The maximum absolute atomic E-state index is 12.5. The van der Waals surface area contributed by atoms with E-state index in [1.807, 2.05) is 19.9 Å². The predicted octanol–water partition coefficient (Wildman–Crippen LogP) is 3.77. The van der Waals surface area contributed by atoms with Crippen LogP contribution < -0.4 is 10.1 Å². The highest BCUT2D eigenvalue weighted by Crippen LogP contribution is 2.26. The monoisotopic (exact) mass is 297 g/mol. The zero-order valence-electron chi connectivity index (χ0n) is 13.2. The van der Waals surface area contributed by atoms with Gasteiger partial charge in [-0.1, -0.05) is 18.2 Å². The molecule has 2 rings (SSSR count). The smallest absolute Gasteiger partial charge is 0.259 e. The van der Waals surface area contributed by atoms with E-state index in [-0.39, 0.29) is 11.7 Å². The van der Waals surface area contributed by atoms with Gasteiger partial charge in [-0.25, -0.2) is 0 Å². The van der Waals surface area contributed by atoms with Gasteiger partial charge in [-0.05, 0) is 50.1 Å². The molecule has 0 aliphatic carbocycles. The van der Waals surface area contributed by atoms with Crippen molar-refractivity contribution in [2.75, 3.05) is 12.4 Å². The van der Waals surface area contributed by atoms with Crippen molar-refractivity contribution in [1.82, 2.24) is 0 Å². The van der Waals surface area contributed by atoms with Crippen molar-refractivity contribution in [2.24, 2.45) is 0 Å². The molecule has 1 N–H and O–H groups in total. The number of Topliss-reactive ketones (excluding diaryl/α,β-unsaturated/α-hetero) is 1. The topological polar surface area (TPSA) is 55.4 Å². The number of amides is 1. The molecule has 114 valence electrons. The molecule has 0 spiro atoms. The van der Waals surface area contributed by atoms with Crippen molar-refractivity contribution in [3.8, 4) is 5.75 Å². The predicted molar refractivity (Wildman–Crippen MR) is 86.9 cm³/mol. The standard InChI is InChI=1S/C18H19NO3/c1-11-8-12(2)17(22-4)16(9-11)18(21)19-15-7-5-6-14(10-15)13(3)20/h5-10H,1-4H3,(H,19,21). The molecule has 0 radical (unpaired) electrons. The number of hydrogen-bond donors (Lipinski definition) is 1. The Morgan fingerprint density at radius 2 is 1.82 bits per heavy atom. The second-order valence-electron chi connectivity index (χ2n) is 5.25. The Morgan fingerprint density at radius 3 is 2.45 bits per heavy atom. The fourth-order valence-corrected chi connectivity index (χ4v) is 2.41. The molecule has 0 aliphatic heterocycles. The number of ether oxygens (including phenoxy) is 1. The number of anilines is 1. The summed E-state index contributed by atoms with van der Waals surface area (Å²) in [6.07, 6.45) is 0. The van der Waals surface area contributed by atoms with Gasteiger partial charge in [-0.3, -0.25) is 9.59 Å². The molecule has 0 fully saturated rings. The quantitative estimate of drug-likeness (QED) is 0.874. The Morgan fingerprint density at radius 1 is 1.09 bits per heavy atom. The number of benzene rings is 2. The van der Waals surface area contributed by atoms with E-state index in [1.165, 1.54) is 6.92 Å². The average molecular weight is 297 g/mol. The van der Waals surface area contributed by atoms with Gasteiger partial charge in [0.05, 0.1) is 12.7 Å². The van der Waals surface area contributed by atoms with E-state index in [4.69, 9.17) is 4.74 Å². The van der Waals surface area contributed by atoms with Crippen LogP contribution in [0.4, 0.5) is 5.69 Å². The second-order valence-corrected chi connectivity index (χ2v) is 5.25. The molecule has 2 aromatic carbocycles. The molecule has 0 saturated carbocycles. The lowest BCUT2D eigenvalue weighted by molar-refractivity contribution is 0.101. The number of rotatable bonds is 4. The van der Waals surface area contributed by atoms with E-state index in [0.29, 0.717) is 22.6 Å². The summed E-state index contributed by atoms with van der Waals surface area (Å²) in [6, 6.07) is 10.6. The van der Waals surface area contributed by atoms with Crippen LogP contribution in [0.5, 0.6) is 5.75 Å². The minimum absolute atomic E-state index is 0.0416. The first-order chi connectivity index (χ1) is 10.4. The van der Waals surface area contributed by atoms with E-state index in [1.54, 1.807) is 37.4 Å². The Hall–Kier alpha value is -2.62. The molecule has 0 bridgehead atoms. The van der Waals surface area contributed by atoms with E-state index in [9.17, 15) is 9.59 Å². The molecule has 0 unspecified atom stereocenters. The third kappa shape index (κ3) is 3.34. The summed E-state index contributed by atoms with van der Waals surface area (Å²) in [5.41, 5.74) is 3.52. The average Bonchev–Trinajstić information content (AvgIpc) is 2.46. The van der Waals surface area contributed by atoms with Crippen LogP contribution in [0.3, 0.4) is 0 Å². The number of carbonyl (C=O) groups is 2. The maximum atomic E-state index is 12.5. The normalized spacial score (nSPS) is 10.2. The largest absolute Gasteiger partial charge is 0.496 e. The summed E-state index contributed by atoms with van der Waals surface area (Å²) in [5, 5.41) is 2.81. The molecular formula is C18H19NO3. The highest BCUT2D eigenvalue weighted by atomic mass is 16.5. The minimum Gasteiger partial charge on any atom is -0.496 e. The van der Waals surface area contributed by atoms with E-state index in [2.05, 4.69) is 5.32 Å². The summed E-state index contributed by atoms with van der Waals surface area (Å²) in [6.45, 7) is 5.33. The van der Waals surface area contributed by atoms with Crippen LogP contribution in [0.15, 0.2) is 36.4 Å². The molecule has 4 nitrogen and oxygen atoms in total. The van der Waals surface area contributed by atoms with Gasteiger partial charge >= 0.3 is 0 Å². The van der Waals surface area contributed by atoms with Gasteiger partial charge in [0.2, 0.25) is 0 Å². The number of nitrogens with one attached hydrogen (secondary N) is 1.